The number of benzene rings is 1. The lowest BCUT2D eigenvalue weighted by atomic mass is 9.56. The van der Waals surface area contributed by atoms with Crippen LogP contribution in [0.1, 0.15) is 24.8 Å². The van der Waals surface area contributed by atoms with Crippen LogP contribution in [-0.4, -0.2) is 33.4 Å². The standard InChI is InChI=1S/C18H20O5/c19-14-11-17(15(20)21,10-12-6-2-1-3-7-12)18(16(22)23)9-5-4-8-13(14)18/h1-7,13-14,19H,8-11H2,(H,20,21)(H,22,23)/t13-,14+,17+,18-/m1/s1. The Kier molecular flexibility index (Phi) is 3.76. The van der Waals surface area contributed by atoms with E-state index in [2.05, 4.69) is 0 Å². The second-order valence-electron chi connectivity index (χ2n) is 6.62. The second-order valence-corrected chi connectivity index (χ2v) is 6.62. The highest BCUT2D eigenvalue weighted by Crippen LogP contribution is 2.62. The van der Waals surface area contributed by atoms with Crippen LogP contribution in [0, 0.1) is 16.7 Å². The van der Waals surface area contributed by atoms with Gasteiger partial charge in [-0.05, 0) is 31.2 Å². The normalized spacial score (nSPS) is 35.7. The van der Waals surface area contributed by atoms with E-state index in [4.69, 9.17) is 0 Å². The summed E-state index contributed by atoms with van der Waals surface area (Å²) in [5.74, 6) is -2.83. The summed E-state index contributed by atoms with van der Waals surface area (Å²) in [6, 6.07) is 9.06. The summed E-state index contributed by atoms with van der Waals surface area (Å²) < 4.78 is 0. The van der Waals surface area contributed by atoms with Crippen molar-refractivity contribution < 1.29 is 24.9 Å². The predicted octanol–water partition coefficient (Wildman–Crippen LogP) is 2.10. The molecule has 0 bridgehead atoms. The Hall–Kier alpha value is -2.14. The third kappa shape index (κ3) is 2.10. The number of aliphatic hydroxyl groups is 1. The number of rotatable bonds is 4. The maximum Gasteiger partial charge on any atom is 0.311 e. The first-order valence-electron chi connectivity index (χ1n) is 7.78. The van der Waals surface area contributed by atoms with Crippen molar-refractivity contribution in [3.8, 4) is 0 Å². The molecule has 1 saturated carbocycles. The number of aliphatic hydroxyl groups excluding tert-OH is 1. The van der Waals surface area contributed by atoms with Crippen molar-refractivity contribution in [1.29, 1.82) is 0 Å². The second kappa shape index (κ2) is 5.49. The third-order valence-electron chi connectivity index (χ3n) is 5.65. The first-order valence-corrected chi connectivity index (χ1v) is 7.78. The van der Waals surface area contributed by atoms with Gasteiger partial charge in [-0.25, -0.2) is 0 Å². The molecule has 1 aromatic carbocycles. The zero-order chi connectivity index (χ0) is 16.7. The van der Waals surface area contributed by atoms with Gasteiger partial charge in [0.2, 0.25) is 0 Å². The Bertz CT molecular complexity index is 653. The Balaban J connectivity index is 2.16. The molecule has 0 heterocycles. The van der Waals surface area contributed by atoms with Crippen LogP contribution in [0.4, 0.5) is 0 Å². The number of hydrogen-bond acceptors (Lipinski definition) is 3. The van der Waals surface area contributed by atoms with E-state index < -0.39 is 34.8 Å². The summed E-state index contributed by atoms with van der Waals surface area (Å²) in [5, 5.41) is 30.4. The first-order chi connectivity index (χ1) is 10.9. The zero-order valence-corrected chi connectivity index (χ0v) is 12.7. The fraction of sp³-hybridized carbons (Fsp3) is 0.444. The highest BCUT2D eigenvalue weighted by molar-refractivity contribution is 5.89. The summed E-state index contributed by atoms with van der Waals surface area (Å²) in [6.07, 6.45) is 3.28. The summed E-state index contributed by atoms with van der Waals surface area (Å²) in [4.78, 5) is 24.4. The number of carboxylic acids is 2. The molecule has 0 unspecified atom stereocenters. The van der Waals surface area contributed by atoms with Crippen molar-refractivity contribution in [1.82, 2.24) is 0 Å². The van der Waals surface area contributed by atoms with E-state index in [9.17, 15) is 24.9 Å². The molecule has 2 aliphatic rings. The molecule has 3 N–H and O–H groups in total. The van der Waals surface area contributed by atoms with Gasteiger partial charge in [-0.3, -0.25) is 9.59 Å². The summed E-state index contributed by atoms with van der Waals surface area (Å²) in [6.45, 7) is 0. The Morgan fingerprint density at radius 3 is 2.39 bits per heavy atom. The topological polar surface area (TPSA) is 94.8 Å². The van der Waals surface area contributed by atoms with Gasteiger partial charge >= 0.3 is 11.9 Å². The molecule has 0 radical (unpaired) electrons. The molecule has 5 nitrogen and oxygen atoms in total. The lowest BCUT2D eigenvalue weighted by Gasteiger charge is -2.43. The predicted molar refractivity (Wildman–Crippen MR) is 82.8 cm³/mol. The molecular formula is C18H20O5. The third-order valence-corrected chi connectivity index (χ3v) is 5.65. The quantitative estimate of drug-likeness (QED) is 0.740. The molecular weight excluding hydrogens is 296 g/mol. The highest BCUT2D eigenvalue weighted by atomic mass is 16.4. The molecule has 1 fully saturated rings. The average Bonchev–Trinajstić information content (AvgIpc) is 2.80. The Morgan fingerprint density at radius 2 is 1.78 bits per heavy atom. The van der Waals surface area contributed by atoms with Gasteiger partial charge in [0.05, 0.1) is 16.9 Å². The number of fused-ring (bicyclic) bond motifs is 1. The van der Waals surface area contributed by atoms with E-state index in [1.165, 1.54) is 0 Å². The zero-order valence-electron chi connectivity index (χ0n) is 12.7. The van der Waals surface area contributed by atoms with Gasteiger partial charge in [-0.15, -0.1) is 0 Å². The van der Waals surface area contributed by atoms with Crippen molar-refractivity contribution in [2.24, 2.45) is 16.7 Å². The summed E-state index contributed by atoms with van der Waals surface area (Å²) >= 11 is 0. The van der Waals surface area contributed by atoms with Crippen LogP contribution >= 0.6 is 0 Å². The van der Waals surface area contributed by atoms with Crippen molar-refractivity contribution >= 4 is 11.9 Å². The van der Waals surface area contributed by atoms with Gasteiger partial charge in [0, 0.05) is 5.92 Å². The molecule has 0 aliphatic heterocycles. The van der Waals surface area contributed by atoms with Crippen LogP contribution in [0.5, 0.6) is 0 Å². The number of carbonyl (C=O) groups is 2. The van der Waals surface area contributed by atoms with Gasteiger partial charge in [-0.1, -0.05) is 42.5 Å². The minimum absolute atomic E-state index is 0.0319. The largest absolute Gasteiger partial charge is 0.481 e. The smallest absolute Gasteiger partial charge is 0.311 e. The molecule has 1 aromatic rings. The van der Waals surface area contributed by atoms with Crippen molar-refractivity contribution in [3.05, 3.63) is 48.0 Å². The van der Waals surface area contributed by atoms with Gasteiger partial charge in [0.25, 0.3) is 0 Å². The van der Waals surface area contributed by atoms with E-state index in [0.29, 0.717) is 6.42 Å². The fourth-order valence-corrected chi connectivity index (χ4v) is 4.56. The van der Waals surface area contributed by atoms with Crippen LogP contribution in [0.15, 0.2) is 42.5 Å². The molecule has 5 heteroatoms. The number of allylic oxidation sites excluding steroid dienone is 2. The number of hydrogen-bond donors (Lipinski definition) is 3. The molecule has 0 saturated heterocycles. The van der Waals surface area contributed by atoms with Crippen LogP contribution in [0.25, 0.3) is 0 Å². The highest BCUT2D eigenvalue weighted by Gasteiger charge is 2.70. The van der Waals surface area contributed by atoms with Crippen LogP contribution < -0.4 is 0 Å². The minimum atomic E-state index is -1.50. The molecule has 0 spiro atoms. The summed E-state index contributed by atoms with van der Waals surface area (Å²) in [7, 11) is 0. The molecule has 0 aromatic heterocycles. The molecule has 4 atom stereocenters. The lowest BCUT2D eigenvalue weighted by Crippen LogP contribution is -2.53. The van der Waals surface area contributed by atoms with E-state index in [-0.39, 0.29) is 19.3 Å². The molecule has 23 heavy (non-hydrogen) atoms. The van der Waals surface area contributed by atoms with Crippen LogP contribution in [0.2, 0.25) is 0 Å². The SMILES string of the molecule is O=C(O)[C@]1(Cc2ccccc2)C[C@H](O)[C@H]2CC=CC[C@]21C(=O)O. The maximum absolute atomic E-state index is 12.2. The van der Waals surface area contributed by atoms with Crippen LogP contribution in [0.3, 0.4) is 0 Å². The average molecular weight is 316 g/mol. The van der Waals surface area contributed by atoms with Gasteiger partial charge < -0.3 is 15.3 Å². The van der Waals surface area contributed by atoms with E-state index in [0.717, 1.165) is 5.56 Å². The molecule has 3 rings (SSSR count). The summed E-state index contributed by atoms with van der Waals surface area (Å²) in [5.41, 5.74) is -2.20. The van der Waals surface area contributed by atoms with E-state index >= 15 is 0 Å². The fourth-order valence-electron chi connectivity index (χ4n) is 4.56. The van der Waals surface area contributed by atoms with E-state index in [1.807, 2.05) is 24.3 Å². The number of aliphatic carboxylic acids is 2. The van der Waals surface area contributed by atoms with Crippen molar-refractivity contribution in [2.75, 3.05) is 0 Å². The number of carboxylic acid groups (broad SMARTS) is 2. The Labute approximate surface area is 134 Å². The van der Waals surface area contributed by atoms with Crippen molar-refractivity contribution in [3.63, 3.8) is 0 Å². The lowest BCUT2D eigenvalue weighted by molar-refractivity contribution is -0.175. The van der Waals surface area contributed by atoms with Crippen molar-refractivity contribution in [2.45, 2.75) is 31.8 Å². The van der Waals surface area contributed by atoms with Gasteiger partial charge in [0.1, 0.15) is 0 Å². The molecule has 2 aliphatic carbocycles. The van der Waals surface area contributed by atoms with Gasteiger partial charge in [-0.2, -0.15) is 0 Å². The minimum Gasteiger partial charge on any atom is -0.481 e. The van der Waals surface area contributed by atoms with Crippen LogP contribution in [-0.2, 0) is 16.0 Å². The monoisotopic (exact) mass is 316 g/mol. The van der Waals surface area contributed by atoms with Gasteiger partial charge in [0.15, 0.2) is 0 Å². The van der Waals surface area contributed by atoms with E-state index in [1.54, 1.807) is 18.2 Å². The Morgan fingerprint density at radius 1 is 1.09 bits per heavy atom. The first kappa shape index (κ1) is 15.7. The molecule has 0 amide bonds. The molecule has 122 valence electrons. The maximum atomic E-state index is 12.2.